The molecule has 4 N–H and O–H groups in total. The number of fused-ring (bicyclic) bond motifs is 1. The van der Waals surface area contributed by atoms with Crippen LogP contribution in [0, 0.1) is 0 Å². The topological polar surface area (TPSA) is 119 Å². The van der Waals surface area contributed by atoms with E-state index in [1.807, 2.05) is 24.3 Å². The number of aromatic amines is 1. The first kappa shape index (κ1) is 12.3. The Bertz CT molecular complexity index is 916. The van der Waals surface area contributed by atoms with Crippen LogP contribution in [0.1, 0.15) is 0 Å². The SMILES string of the molecule is Nc1nc(Nc2cnoc2)c2ccc(-c3ccn[nH]3)cc2n1. The quantitative estimate of drug-likeness (QED) is 0.530. The average molecular weight is 293 g/mol. The van der Waals surface area contributed by atoms with Gasteiger partial charge in [-0.05, 0) is 18.2 Å². The second-order valence-electron chi connectivity index (χ2n) is 4.67. The maximum absolute atomic E-state index is 5.80. The first-order valence-electron chi connectivity index (χ1n) is 6.53. The van der Waals surface area contributed by atoms with Crippen molar-refractivity contribution >= 4 is 28.4 Å². The Labute approximate surface area is 124 Å². The van der Waals surface area contributed by atoms with Crippen LogP contribution in [0.25, 0.3) is 22.2 Å². The summed E-state index contributed by atoms with van der Waals surface area (Å²) in [7, 11) is 0. The van der Waals surface area contributed by atoms with Crippen LogP contribution in [0.5, 0.6) is 0 Å². The second kappa shape index (κ2) is 4.85. The molecule has 0 radical (unpaired) electrons. The van der Waals surface area contributed by atoms with Crippen molar-refractivity contribution in [3.05, 3.63) is 42.9 Å². The van der Waals surface area contributed by atoms with Gasteiger partial charge in [0.1, 0.15) is 17.8 Å². The van der Waals surface area contributed by atoms with Gasteiger partial charge in [-0.1, -0.05) is 11.2 Å². The Hall–Kier alpha value is -3.42. The number of nitrogens with two attached hydrogens (primary N) is 1. The standard InChI is InChI=1S/C14H11N7O/c15-14-19-12-5-8(11-3-4-16-21-11)1-2-10(12)13(20-14)18-9-6-17-22-7-9/h1-7H,(H,16,21)(H3,15,18,19,20). The van der Waals surface area contributed by atoms with Crippen molar-refractivity contribution in [1.29, 1.82) is 0 Å². The first-order valence-corrected chi connectivity index (χ1v) is 6.53. The highest BCUT2D eigenvalue weighted by molar-refractivity contribution is 5.93. The van der Waals surface area contributed by atoms with E-state index in [2.05, 4.69) is 30.6 Å². The van der Waals surface area contributed by atoms with Crippen molar-refractivity contribution in [2.75, 3.05) is 11.1 Å². The van der Waals surface area contributed by atoms with Crippen LogP contribution in [0.3, 0.4) is 0 Å². The molecule has 0 amide bonds. The lowest BCUT2D eigenvalue weighted by Gasteiger charge is -2.08. The monoisotopic (exact) mass is 293 g/mol. The molecule has 0 bridgehead atoms. The third-order valence-corrected chi connectivity index (χ3v) is 3.22. The van der Waals surface area contributed by atoms with Crippen LogP contribution in [0.15, 0.2) is 47.4 Å². The van der Waals surface area contributed by atoms with Gasteiger partial charge in [0, 0.05) is 17.1 Å². The van der Waals surface area contributed by atoms with E-state index in [9.17, 15) is 0 Å². The van der Waals surface area contributed by atoms with Gasteiger partial charge in [-0.15, -0.1) is 0 Å². The van der Waals surface area contributed by atoms with Crippen molar-refractivity contribution in [2.24, 2.45) is 0 Å². The highest BCUT2D eigenvalue weighted by Gasteiger charge is 2.09. The largest absolute Gasteiger partial charge is 0.368 e. The van der Waals surface area contributed by atoms with E-state index in [1.54, 1.807) is 12.4 Å². The molecular weight excluding hydrogens is 282 g/mol. The van der Waals surface area contributed by atoms with Gasteiger partial charge in [-0.2, -0.15) is 10.1 Å². The summed E-state index contributed by atoms with van der Waals surface area (Å²) in [4.78, 5) is 8.52. The van der Waals surface area contributed by atoms with Gasteiger partial charge >= 0.3 is 0 Å². The fourth-order valence-electron chi connectivity index (χ4n) is 2.23. The Balaban J connectivity index is 1.84. The van der Waals surface area contributed by atoms with Crippen molar-refractivity contribution < 1.29 is 4.52 Å². The lowest BCUT2D eigenvalue weighted by atomic mass is 10.1. The summed E-state index contributed by atoms with van der Waals surface area (Å²) in [6.45, 7) is 0. The molecule has 22 heavy (non-hydrogen) atoms. The lowest BCUT2D eigenvalue weighted by molar-refractivity contribution is 0.420. The smallest absolute Gasteiger partial charge is 0.222 e. The normalized spacial score (nSPS) is 10.9. The van der Waals surface area contributed by atoms with E-state index >= 15 is 0 Å². The molecule has 0 saturated heterocycles. The van der Waals surface area contributed by atoms with Crippen LogP contribution >= 0.6 is 0 Å². The van der Waals surface area contributed by atoms with Gasteiger partial charge in [0.15, 0.2) is 0 Å². The summed E-state index contributed by atoms with van der Waals surface area (Å²) in [6.07, 6.45) is 4.75. The molecule has 0 unspecified atom stereocenters. The van der Waals surface area contributed by atoms with Crippen LogP contribution in [0.4, 0.5) is 17.5 Å². The molecule has 8 heteroatoms. The fraction of sp³-hybridized carbons (Fsp3) is 0. The maximum Gasteiger partial charge on any atom is 0.222 e. The van der Waals surface area contributed by atoms with E-state index in [0.29, 0.717) is 11.5 Å². The van der Waals surface area contributed by atoms with Gasteiger partial charge < -0.3 is 15.6 Å². The third-order valence-electron chi connectivity index (χ3n) is 3.22. The molecule has 0 aliphatic heterocycles. The Morgan fingerprint density at radius 2 is 2.14 bits per heavy atom. The Morgan fingerprint density at radius 1 is 1.18 bits per heavy atom. The highest BCUT2D eigenvalue weighted by atomic mass is 16.5. The van der Waals surface area contributed by atoms with E-state index in [4.69, 9.17) is 10.3 Å². The Kier molecular flexibility index (Phi) is 2.72. The average Bonchev–Trinajstić information content (AvgIpc) is 3.20. The molecule has 108 valence electrons. The summed E-state index contributed by atoms with van der Waals surface area (Å²) in [5, 5.41) is 14.5. The number of nitrogens with one attached hydrogen (secondary N) is 2. The number of anilines is 3. The minimum atomic E-state index is 0.188. The van der Waals surface area contributed by atoms with Crippen LogP contribution < -0.4 is 11.1 Å². The number of rotatable bonds is 3. The third kappa shape index (κ3) is 2.12. The molecule has 3 aromatic heterocycles. The predicted octanol–water partition coefficient (Wildman–Crippen LogP) is 2.33. The number of nitrogen functional groups attached to an aromatic ring is 1. The molecule has 0 saturated carbocycles. The van der Waals surface area contributed by atoms with Gasteiger partial charge in [0.2, 0.25) is 5.95 Å². The molecular formula is C14H11N7O. The van der Waals surface area contributed by atoms with E-state index in [0.717, 1.165) is 22.2 Å². The van der Waals surface area contributed by atoms with Gasteiger partial charge in [-0.25, -0.2) is 4.98 Å². The molecule has 0 spiro atoms. The van der Waals surface area contributed by atoms with E-state index in [-0.39, 0.29) is 5.95 Å². The molecule has 4 rings (SSSR count). The molecule has 1 aromatic carbocycles. The summed E-state index contributed by atoms with van der Waals surface area (Å²) in [6, 6.07) is 7.72. The van der Waals surface area contributed by atoms with E-state index in [1.165, 1.54) is 6.26 Å². The number of H-pyrrole nitrogens is 1. The van der Waals surface area contributed by atoms with E-state index < -0.39 is 0 Å². The number of hydrogen-bond acceptors (Lipinski definition) is 7. The van der Waals surface area contributed by atoms with Crippen molar-refractivity contribution in [3.8, 4) is 11.3 Å². The zero-order chi connectivity index (χ0) is 14.9. The Morgan fingerprint density at radius 3 is 2.91 bits per heavy atom. The lowest BCUT2D eigenvalue weighted by Crippen LogP contribution is -2.01. The van der Waals surface area contributed by atoms with Gasteiger partial charge in [-0.3, -0.25) is 5.10 Å². The fourth-order valence-corrected chi connectivity index (χ4v) is 2.23. The molecule has 0 aliphatic carbocycles. The zero-order valence-corrected chi connectivity index (χ0v) is 11.3. The molecule has 4 aromatic rings. The summed E-state index contributed by atoms with van der Waals surface area (Å²) < 4.78 is 4.80. The van der Waals surface area contributed by atoms with Crippen LogP contribution in [-0.2, 0) is 0 Å². The van der Waals surface area contributed by atoms with Crippen molar-refractivity contribution in [3.63, 3.8) is 0 Å². The van der Waals surface area contributed by atoms with Gasteiger partial charge in [0.05, 0.1) is 17.4 Å². The van der Waals surface area contributed by atoms with Crippen molar-refractivity contribution in [1.82, 2.24) is 25.3 Å². The van der Waals surface area contributed by atoms with Crippen LogP contribution in [-0.4, -0.2) is 25.3 Å². The minimum absolute atomic E-state index is 0.188. The number of aromatic nitrogens is 5. The summed E-state index contributed by atoms with van der Waals surface area (Å²) in [5.74, 6) is 0.787. The molecule has 0 atom stereocenters. The molecule has 0 fully saturated rings. The number of hydrogen-bond donors (Lipinski definition) is 3. The van der Waals surface area contributed by atoms with Crippen molar-refractivity contribution in [2.45, 2.75) is 0 Å². The minimum Gasteiger partial charge on any atom is -0.368 e. The number of benzene rings is 1. The van der Waals surface area contributed by atoms with Crippen LogP contribution in [0.2, 0.25) is 0 Å². The maximum atomic E-state index is 5.80. The van der Waals surface area contributed by atoms with Gasteiger partial charge in [0.25, 0.3) is 0 Å². The molecule has 8 nitrogen and oxygen atoms in total. The molecule has 0 aliphatic rings. The summed E-state index contributed by atoms with van der Waals surface area (Å²) >= 11 is 0. The predicted molar refractivity (Wildman–Crippen MR) is 81.3 cm³/mol. The highest BCUT2D eigenvalue weighted by Crippen LogP contribution is 2.28. The second-order valence-corrected chi connectivity index (χ2v) is 4.67. The summed E-state index contributed by atoms with van der Waals surface area (Å²) in [5.41, 5.74) is 9.11. The zero-order valence-electron chi connectivity index (χ0n) is 11.3. The number of nitrogens with zero attached hydrogens (tertiary/aromatic N) is 4. The molecule has 3 heterocycles. The first-order chi connectivity index (χ1) is 10.8.